The van der Waals surface area contributed by atoms with Gasteiger partial charge in [-0.05, 0) is 55.0 Å². The van der Waals surface area contributed by atoms with Crippen LogP contribution in [0, 0.1) is 0 Å². The van der Waals surface area contributed by atoms with Crippen LogP contribution >= 0.6 is 0 Å². The van der Waals surface area contributed by atoms with E-state index >= 15 is 0 Å². The van der Waals surface area contributed by atoms with E-state index in [2.05, 4.69) is 28.7 Å². The lowest BCUT2D eigenvalue weighted by Gasteiger charge is -2.21. The summed E-state index contributed by atoms with van der Waals surface area (Å²) in [5.74, 6) is 0.739. The van der Waals surface area contributed by atoms with Crippen molar-refractivity contribution in [3.63, 3.8) is 0 Å². The minimum absolute atomic E-state index is 0.0214. The molecule has 0 spiro atoms. The lowest BCUT2D eigenvalue weighted by molar-refractivity contribution is -0.198. The molecule has 30 heavy (non-hydrogen) atoms. The molecular weight excluding hydrogens is 378 g/mol. The summed E-state index contributed by atoms with van der Waals surface area (Å²) in [6.45, 7) is 0.679. The Morgan fingerprint density at radius 1 is 1.17 bits per heavy atom. The number of aromatic amines is 1. The number of para-hydroxylation sites is 2. The zero-order valence-electron chi connectivity index (χ0n) is 16.8. The van der Waals surface area contributed by atoms with Gasteiger partial charge < -0.3 is 9.72 Å². The van der Waals surface area contributed by atoms with Crippen LogP contribution in [-0.2, 0) is 19.8 Å². The molecule has 154 valence electrons. The minimum atomic E-state index is -0.344. The fraction of sp³-hybridized carbons (Fsp3) is 0.333. The number of imidazole rings is 1. The van der Waals surface area contributed by atoms with Gasteiger partial charge in [0, 0.05) is 19.1 Å². The summed E-state index contributed by atoms with van der Waals surface area (Å²) >= 11 is 0. The van der Waals surface area contributed by atoms with Gasteiger partial charge in [0.15, 0.2) is 6.29 Å². The number of hydroxylamine groups is 1. The van der Waals surface area contributed by atoms with Gasteiger partial charge in [-0.15, -0.1) is 0 Å². The Labute approximate surface area is 175 Å². The van der Waals surface area contributed by atoms with E-state index in [1.165, 1.54) is 11.6 Å². The number of benzene rings is 2. The Hall–Kier alpha value is -2.96. The molecule has 0 bridgehead atoms. The molecule has 1 aromatic heterocycles. The van der Waals surface area contributed by atoms with Gasteiger partial charge in [0.2, 0.25) is 0 Å². The largest absolute Gasteiger partial charge is 0.350 e. The third-order valence-electron chi connectivity index (χ3n) is 5.91. The van der Waals surface area contributed by atoms with Crippen molar-refractivity contribution in [3.05, 3.63) is 71.6 Å². The first kappa shape index (κ1) is 19.0. The molecule has 1 unspecified atom stereocenters. The van der Waals surface area contributed by atoms with Crippen LogP contribution in [0.1, 0.15) is 49.1 Å². The highest BCUT2D eigenvalue weighted by Gasteiger charge is 2.48. The maximum atomic E-state index is 12.0. The van der Waals surface area contributed by atoms with E-state index < -0.39 is 0 Å². The zero-order chi connectivity index (χ0) is 20.4. The normalized spacial score (nSPS) is 20.5. The molecule has 5 rings (SSSR count). The number of aromatic nitrogens is 2. The van der Waals surface area contributed by atoms with E-state index in [4.69, 9.17) is 14.6 Å². The Morgan fingerprint density at radius 3 is 2.73 bits per heavy atom. The molecule has 1 aliphatic carbocycles. The maximum absolute atomic E-state index is 12.0. The molecule has 1 amide bonds. The van der Waals surface area contributed by atoms with Crippen LogP contribution < -0.4 is 5.48 Å². The number of nitrogens with zero attached hydrogens (tertiary/aromatic N) is 1. The maximum Gasteiger partial charge on any atom is 0.267 e. The molecule has 1 atom stereocenters. The van der Waals surface area contributed by atoms with Gasteiger partial charge in [-0.3, -0.25) is 4.79 Å². The van der Waals surface area contributed by atoms with Crippen LogP contribution in [0.25, 0.3) is 17.1 Å². The summed E-state index contributed by atoms with van der Waals surface area (Å²) in [6.07, 6.45) is 7.99. The molecule has 2 aliphatic rings. The van der Waals surface area contributed by atoms with Gasteiger partial charge in [0.1, 0.15) is 5.82 Å². The average Bonchev–Trinajstić information content (AvgIpc) is 3.49. The van der Waals surface area contributed by atoms with E-state index in [0.29, 0.717) is 6.61 Å². The van der Waals surface area contributed by atoms with Gasteiger partial charge in [-0.25, -0.2) is 15.3 Å². The highest BCUT2D eigenvalue weighted by atomic mass is 16.8. The van der Waals surface area contributed by atoms with E-state index in [1.54, 1.807) is 6.08 Å². The molecule has 6 nitrogen and oxygen atoms in total. The third kappa shape index (κ3) is 3.88. The molecule has 6 heteroatoms. The van der Waals surface area contributed by atoms with Gasteiger partial charge in [0.25, 0.3) is 5.91 Å². The van der Waals surface area contributed by atoms with E-state index in [0.717, 1.165) is 54.5 Å². The summed E-state index contributed by atoms with van der Waals surface area (Å²) < 4.78 is 5.43. The van der Waals surface area contributed by atoms with Gasteiger partial charge in [-0.2, -0.15) is 0 Å². The number of amides is 1. The van der Waals surface area contributed by atoms with Crippen LogP contribution in [-0.4, -0.2) is 28.8 Å². The Kier molecular flexibility index (Phi) is 5.11. The zero-order valence-corrected chi connectivity index (χ0v) is 16.8. The minimum Gasteiger partial charge on any atom is -0.350 e. The smallest absolute Gasteiger partial charge is 0.267 e. The van der Waals surface area contributed by atoms with E-state index in [-0.39, 0.29) is 17.6 Å². The lowest BCUT2D eigenvalue weighted by atomic mass is 9.94. The second kappa shape index (κ2) is 8.05. The predicted octanol–water partition coefficient (Wildman–Crippen LogP) is 4.23. The van der Waals surface area contributed by atoms with Crippen molar-refractivity contribution in [3.8, 4) is 0 Å². The first-order valence-electron chi connectivity index (χ1n) is 10.5. The van der Waals surface area contributed by atoms with Crippen molar-refractivity contribution in [2.45, 2.75) is 43.8 Å². The predicted molar refractivity (Wildman–Crippen MR) is 114 cm³/mol. The van der Waals surface area contributed by atoms with Gasteiger partial charge in [-0.1, -0.05) is 36.4 Å². The first-order valence-corrected chi connectivity index (χ1v) is 10.5. The summed E-state index contributed by atoms with van der Waals surface area (Å²) in [6, 6.07) is 16.5. The highest BCUT2D eigenvalue weighted by Crippen LogP contribution is 2.52. The Morgan fingerprint density at radius 2 is 2.00 bits per heavy atom. The number of fused-ring (bicyclic) bond motifs is 1. The lowest BCUT2D eigenvalue weighted by Crippen LogP contribution is -2.32. The third-order valence-corrected chi connectivity index (χ3v) is 5.91. The number of rotatable bonds is 6. The number of hydrogen-bond donors (Lipinski definition) is 2. The van der Waals surface area contributed by atoms with Crippen LogP contribution in [0.15, 0.2) is 54.6 Å². The van der Waals surface area contributed by atoms with Crippen molar-refractivity contribution >= 4 is 23.0 Å². The topological polar surface area (TPSA) is 76.2 Å². The van der Waals surface area contributed by atoms with E-state index in [9.17, 15) is 4.79 Å². The fourth-order valence-electron chi connectivity index (χ4n) is 4.01. The first-order chi connectivity index (χ1) is 14.7. The molecule has 0 radical (unpaired) electrons. The molecule has 2 aromatic carbocycles. The number of nitrogens with one attached hydrogen (secondary N) is 2. The van der Waals surface area contributed by atoms with E-state index in [1.807, 2.05) is 30.3 Å². The number of carbonyl (C=O) groups excluding carboxylic acids is 1. The van der Waals surface area contributed by atoms with Gasteiger partial charge in [0.05, 0.1) is 16.4 Å². The molecule has 3 aromatic rings. The van der Waals surface area contributed by atoms with Crippen molar-refractivity contribution < 1.29 is 14.4 Å². The monoisotopic (exact) mass is 403 g/mol. The highest BCUT2D eigenvalue weighted by molar-refractivity contribution is 5.90. The number of ether oxygens (including phenoxy) is 1. The standard InChI is InChI=1S/C24H25N3O3/c28-21(27-30-22-7-3-4-16-29-22)13-10-17-8-11-18(12-9-17)24(14-15-24)23-25-19-5-1-2-6-20(19)26-23/h1-2,5-6,8-13,22H,3-4,7,14-16H2,(H,25,26)(H,27,28)/b13-10+. The average molecular weight is 403 g/mol. The Bertz CT molecular complexity index is 1030. The number of hydrogen-bond acceptors (Lipinski definition) is 4. The van der Waals surface area contributed by atoms with Crippen molar-refractivity contribution in [2.24, 2.45) is 0 Å². The summed E-state index contributed by atoms with van der Waals surface area (Å²) in [5.41, 5.74) is 6.71. The number of carbonyl (C=O) groups is 1. The fourth-order valence-corrected chi connectivity index (χ4v) is 4.01. The van der Waals surface area contributed by atoms with Crippen LogP contribution in [0.4, 0.5) is 0 Å². The van der Waals surface area contributed by atoms with Crippen LogP contribution in [0.5, 0.6) is 0 Å². The molecule has 1 saturated heterocycles. The summed E-state index contributed by atoms with van der Waals surface area (Å²) in [5, 5.41) is 0. The SMILES string of the molecule is O=C(/C=C/c1ccc(C2(c3nc4ccccc4[nH]3)CC2)cc1)NOC1CCCCO1. The summed E-state index contributed by atoms with van der Waals surface area (Å²) in [4.78, 5) is 25.6. The van der Waals surface area contributed by atoms with Crippen molar-refractivity contribution in [1.82, 2.24) is 15.4 Å². The summed E-state index contributed by atoms with van der Waals surface area (Å²) in [7, 11) is 0. The quantitative estimate of drug-likeness (QED) is 0.477. The Balaban J connectivity index is 1.23. The van der Waals surface area contributed by atoms with Crippen molar-refractivity contribution in [1.29, 1.82) is 0 Å². The second-order valence-corrected chi connectivity index (χ2v) is 8.02. The molecule has 2 fully saturated rings. The van der Waals surface area contributed by atoms with Gasteiger partial charge >= 0.3 is 0 Å². The molecule has 2 N–H and O–H groups in total. The molecular formula is C24H25N3O3. The van der Waals surface area contributed by atoms with Crippen LogP contribution in [0.3, 0.4) is 0 Å². The number of H-pyrrole nitrogens is 1. The van der Waals surface area contributed by atoms with Crippen LogP contribution in [0.2, 0.25) is 0 Å². The van der Waals surface area contributed by atoms with Crippen molar-refractivity contribution in [2.75, 3.05) is 6.61 Å². The molecule has 1 aliphatic heterocycles. The second-order valence-electron chi connectivity index (χ2n) is 8.02. The molecule has 2 heterocycles. The molecule has 1 saturated carbocycles.